The van der Waals surface area contributed by atoms with Crippen LogP contribution in [0.25, 0.3) is 5.57 Å². The molecule has 0 unspecified atom stereocenters. The van der Waals surface area contributed by atoms with Crippen LogP contribution in [0.1, 0.15) is 65.2 Å². The Labute approximate surface area is 135 Å². The van der Waals surface area contributed by atoms with Crippen molar-refractivity contribution in [3.63, 3.8) is 0 Å². The van der Waals surface area contributed by atoms with Crippen LogP contribution in [0.3, 0.4) is 0 Å². The van der Waals surface area contributed by atoms with Crippen LogP contribution in [-0.2, 0) is 6.42 Å². The first-order valence-electron chi connectivity index (χ1n) is 8.15. The number of aliphatic hydroxyl groups is 2. The van der Waals surface area contributed by atoms with Gasteiger partial charge in [-0.25, -0.2) is 0 Å². The molecule has 4 nitrogen and oxygen atoms in total. The van der Waals surface area contributed by atoms with Crippen LogP contribution in [0.5, 0.6) is 5.75 Å². The molecule has 0 amide bonds. The van der Waals surface area contributed by atoms with Gasteiger partial charge in [-0.2, -0.15) is 0 Å². The van der Waals surface area contributed by atoms with Gasteiger partial charge in [-0.05, 0) is 59.3 Å². The number of hydrogen-bond donors (Lipinski definition) is 3. The van der Waals surface area contributed by atoms with Gasteiger partial charge >= 0.3 is 0 Å². The van der Waals surface area contributed by atoms with Gasteiger partial charge in [-0.1, -0.05) is 20.4 Å². The van der Waals surface area contributed by atoms with E-state index in [2.05, 4.69) is 20.4 Å². The van der Waals surface area contributed by atoms with Crippen molar-refractivity contribution in [3.05, 3.63) is 34.4 Å². The highest BCUT2D eigenvalue weighted by molar-refractivity contribution is 6.10. The van der Waals surface area contributed by atoms with Crippen LogP contribution in [-0.4, -0.2) is 26.9 Å². The van der Waals surface area contributed by atoms with Crippen LogP contribution in [0.15, 0.2) is 6.58 Å². The van der Waals surface area contributed by atoms with Crippen LogP contribution in [0.2, 0.25) is 0 Å². The van der Waals surface area contributed by atoms with Crippen molar-refractivity contribution in [2.45, 2.75) is 51.7 Å². The first kappa shape index (κ1) is 14.9. The summed E-state index contributed by atoms with van der Waals surface area (Å²) >= 11 is 0. The van der Waals surface area contributed by atoms with Gasteiger partial charge < -0.3 is 15.3 Å². The number of hydrogen-bond acceptors (Lipinski definition) is 4. The van der Waals surface area contributed by atoms with Gasteiger partial charge in [0, 0.05) is 17.5 Å². The number of phenolic OH excluding ortho intramolecular Hbond substituents is 1. The molecule has 1 aromatic carbocycles. The number of carbonyl (C=O) groups is 1. The van der Waals surface area contributed by atoms with E-state index in [0.717, 1.165) is 35.1 Å². The standard InChI is InChI=1S/C19H22O4/c1-8-5-6-11-15(18(11,3)4)13-9(2)16(20)10-7-19(22,23)17(21)14(10)12(8)13/h11,15,20,22-23H,1,5-7H2,2-4H3/t11-,15-/m0/s1. The summed E-state index contributed by atoms with van der Waals surface area (Å²) in [6.07, 6.45) is 1.55. The zero-order chi connectivity index (χ0) is 16.9. The van der Waals surface area contributed by atoms with Crippen LogP contribution >= 0.6 is 0 Å². The lowest BCUT2D eigenvalue weighted by molar-refractivity contribution is -0.115. The van der Waals surface area contributed by atoms with E-state index in [1.54, 1.807) is 0 Å². The summed E-state index contributed by atoms with van der Waals surface area (Å²) in [6.45, 7) is 10.4. The third-order valence-electron chi connectivity index (χ3n) is 6.35. The number of allylic oxidation sites excluding steroid dienone is 1. The molecule has 0 aromatic heterocycles. The Balaban J connectivity index is 2.07. The molecule has 0 spiro atoms. The lowest BCUT2D eigenvalue weighted by atomic mass is 9.84. The van der Waals surface area contributed by atoms with E-state index in [4.69, 9.17) is 0 Å². The molecule has 0 aliphatic heterocycles. The monoisotopic (exact) mass is 314 g/mol. The molecule has 3 N–H and O–H groups in total. The minimum absolute atomic E-state index is 0.0354. The van der Waals surface area contributed by atoms with E-state index in [1.165, 1.54) is 0 Å². The van der Waals surface area contributed by atoms with Gasteiger partial charge in [0.15, 0.2) is 0 Å². The van der Waals surface area contributed by atoms with Gasteiger partial charge in [0.2, 0.25) is 11.6 Å². The maximum absolute atomic E-state index is 12.5. The summed E-state index contributed by atoms with van der Waals surface area (Å²) in [4.78, 5) is 12.5. The van der Waals surface area contributed by atoms with Crippen molar-refractivity contribution in [2.24, 2.45) is 11.3 Å². The predicted molar refractivity (Wildman–Crippen MR) is 86.3 cm³/mol. The average molecular weight is 314 g/mol. The second-order valence-corrected chi connectivity index (χ2v) is 7.99. The Morgan fingerprint density at radius 2 is 1.87 bits per heavy atom. The van der Waals surface area contributed by atoms with Crippen LogP contribution < -0.4 is 0 Å². The van der Waals surface area contributed by atoms with Crippen molar-refractivity contribution >= 4 is 11.4 Å². The second-order valence-electron chi connectivity index (χ2n) is 7.99. The lowest BCUT2D eigenvalue weighted by Gasteiger charge is -2.21. The molecule has 2 atom stereocenters. The Morgan fingerprint density at radius 1 is 1.22 bits per heavy atom. The molecular formula is C19H22O4. The number of phenols is 1. The molecule has 3 aliphatic rings. The number of carbonyl (C=O) groups excluding carboxylic acids is 1. The topological polar surface area (TPSA) is 77.8 Å². The zero-order valence-corrected chi connectivity index (χ0v) is 13.7. The van der Waals surface area contributed by atoms with Crippen molar-refractivity contribution in [2.75, 3.05) is 0 Å². The Hall–Kier alpha value is -1.65. The molecule has 0 bridgehead atoms. The van der Waals surface area contributed by atoms with E-state index in [-0.39, 0.29) is 29.1 Å². The summed E-state index contributed by atoms with van der Waals surface area (Å²) in [6, 6.07) is 0. The molecule has 1 aromatic rings. The molecule has 4 rings (SSSR count). The van der Waals surface area contributed by atoms with E-state index in [9.17, 15) is 20.1 Å². The fourth-order valence-electron chi connectivity index (χ4n) is 4.96. The van der Waals surface area contributed by atoms with E-state index in [0.29, 0.717) is 11.5 Å². The molecular weight excluding hydrogens is 292 g/mol. The Kier molecular flexibility index (Phi) is 2.63. The first-order valence-corrected chi connectivity index (χ1v) is 8.15. The number of Topliss-reactive ketones (excluding diaryl/α,β-unsaturated/α-hetero) is 1. The molecule has 1 saturated carbocycles. The smallest absolute Gasteiger partial charge is 0.233 e. The molecule has 3 aliphatic carbocycles. The number of fused-ring (bicyclic) bond motifs is 5. The van der Waals surface area contributed by atoms with Crippen molar-refractivity contribution in [1.29, 1.82) is 0 Å². The second kappa shape index (κ2) is 4.05. The summed E-state index contributed by atoms with van der Waals surface area (Å²) < 4.78 is 0. The number of benzene rings is 1. The molecule has 4 heteroatoms. The van der Waals surface area contributed by atoms with Crippen LogP contribution in [0, 0.1) is 18.3 Å². The maximum Gasteiger partial charge on any atom is 0.233 e. The third kappa shape index (κ3) is 1.65. The normalized spacial score (nSPS) is 29.6. The molecule has 23 heavy (non-hydrogen) atoms. The minimum Gasteiger partial charge on any atom is -0.507 e. The minimum atomic E-state index is -2.42. The Bertz CT molecular complexity index is 785. The lowest BCUT2D eigenvalue weighted by Crippen LogP contribution is -2.35. The highest BCUT2D eigenvalue weighted by Crippen LogP contribution is 2.70. The van der Waals surface area contributed by atoms with Gasteiger partial charge in [0.25, 0.3) is 0 Å². The fraction of sp³-hybridized carbons (Fsp3) is 0.526. The van der Waals surface area contributed by atoms with E-state index >= 15 is 0 Å². The quantitative estimate of drug-likeness (QED) is 0.643. The number of ketones is 1. The van der Waals surface area contributed by atoms with Crippen LogP contribution in [0.4, 0.5) is 0 Å². The summed E-state index contributed by atoms with van der Waals surface area (Å²) in [7, 11) is 0. The first-order chi connectivity index (χ1) is 10.6. The van der Waals surface area contributed by atoms with E-state index in [1.807, 2.05) is 6.92 Å². The summed E-state index contributed by atoms with van der Waals surface area (Å²) in [5, 5.41) is 30.6. The van der Waals surface area contributed by atoms with E-state index < -0.39 is 11.6 Å². The Morgan fingerprint density at radius 3 is 2.52 bits per heavy atom. The zero-order valence-electron chi connectivity index (χ0n) is 13.7. The van der Waals surface area contributed by atoms with Gasteiger partial charge in [-0.3, -0.25) is 4.79 Å². The number of rotatable bonds is 0. The molecule has 122 valence electrons. The van der Waals surface area contributed by atoms with Gasteiger partial charge in [-0.15, -0.1) is 0 Å². The molecule has 0 heterocycles. The molecule has 0 radical (unpaired) electrons. The largest absolute Gasteiger partial charge is 0.507 e. The average Bonchev–Trinajstić information content (AvgIpc) is 2.96. The van der Waals surface area contributed by atoms with Crippen molar-refractivity contribution < 1.29 is 20.1 Å². The molecule has 0 saturated heterocycles. The van der Waals surface area contributed by atoms with Gasteiger partial charge in [0.1, 0.15) is 5.75 Å². The summed E-state index contributed by atoms with van der Waals surface area (Å²) in [5.41, 5.74) is 4.16. The molecule has 1 fully saturated rings. The maximum atomic E-state index is 12.5. The highest BCUT2D eigenvalue weighted by atomic mass is 16.5. The van der Waals surface area contributed by atoms with Gasteiger partial charge in [0.05, 0.1) is 0 Å². The highest BCUT2D eigenvalue weighted by Gasteiger charge is 2.61. The SMILES string of the molecule is C=C1CC[C@H]2[C@@H](c3c(C)c(O)c4c(c31)C(=O)C(O)(O)C4)C2(C)C. The summed E-state index contributed by atoms with van der Waals surface area (Å²) in [5.74, 6) is -2.30. The predicted octanol–water partition coefficient (Wildman–Crippen LogP) is 2.67. The fourth-order valence-corrected chi connectivity index (χ4v) is 4.96. The van der Waals surface area contributed by atoms with Crippen molar-refractivity contribution in [3.8, 4) is 5.75 Å². The third-order valence-corrected chi connectivity index (χ3v) is 6.35. The van der Waals surface area contributed by atoms with Crippen molar-refractivity contribution in [1.82, 2.24) is 0 Å². The number of aromatic hydroxyl groups is 1.